The highest BCUT2D eigenvalue weighted by Gasteiger charge is 2.24. The van der Waals surface area contributed by atoms with Crippen LogP contribution < -0.4 is 10.6 Å². The molecule has 0 aliphatic carbocycles. The highest BCUT2D eigenvalue weighted by molar-refractivity contribution is 5.98. The SMILES string of the molecule is C=CCC(C(=O)OCC)c1ncc(-c2ccc(NC(=O)OC)cc2NC(=O)[C@H](C)C=C)[nH]1. The van der Waals surface area contributed by atoms with E-state index >= 15 is 0 Å². The summed E-state index contributed by atoms with van der Waals surface area (Å²) >= 11 is 0. The average molecular weight is 441 g/mol. The largest absolute Gasteiger partial charge is 0.465 e. The Balaban J connectivity index is 2.45. The molecule has 1 aromatic heterocycles. The molecule has 9 nitrogen and oxygen atoms in total. The molecule has 0 aliphatic rings. The number of H-pyrrole nitrogens is 1. The van der Waals surface area contributed by atoms with Crippen LogP contribution in [0.1, 0.15) is 32.0 Å². The summed E-state index contributed by atoms with van der Waals surface area (Å²) < 4.78 is 9.76. The van der Waals surface area contributed by atoms with Crippen molar-refractivity contribution >= 4 is 29.3 Å². The molecule has 0 fully saturated rings. The standard InChI is InChI=1S/C23H28N4O5/c1-6-9-17(22(29)32-8-3)20-24-13-19(26-20)16-11-10-15(25-23(30)31-5)12-18(16)27-21(28)14(4)7-2/h6-7,10-14,17H,1-2,8-9H2,3-5H3,(H,24,26)(H,25,30)(H,27,28)/t14-,17?/m1/s1. The van der Waals surface area contributed by atoms with E-state index in [-0.39, 0.29) is 12.5 Å². The predicted molar refractivity (Wildman–Crippen MR) is 122 cm³/mol. The van der Waals surface area contributed by atoms with Gasteiger partial charge >= 0.3 is 12.1 Å². The van der Waals surface area contributed by atoms with E-state index in [4.69, 9.17) is 4.74 Å². The molecule has 1 aromatic carbocycles. The fourth-order valence-electron chi connectivity index (χ4n) is 2.86. The number of hydrogen-bond donors (Lipinski definition) is 3. The molecule has 1 unspecified atom stereocenters. The summed E-state index contributed by atoms with van der Waals surface area (Å²) in [5.74, 6) is -1.31. The van der Waals surface area contributed by atoms with Crippen molar-refractivity contribution in [3.05, 3.63) is 55.5 Å². The molecule has 3 N–H and O–H groups in total. The van der Waals surface area contributed by atoms with Gasteiger partial charge in [0.1, 0.15) is 11.7 Å². The van der Waals surface area contributed by atoms with E-state index in [2.05, 4.69) is 38.5 Å². The Morgan fingerprint density at radius 2 is 2.00 bits per heavy atom. The van der Waals surface area contributed by atoms with Crippen LogP contribution in [0.15, 0.2) is 49.7 Å². The summed E-state index contributed by atoms with van der Waals surface area (Å²) in [6.07, 6.45) is 4.44. The summed E-state index contributed by atoms with van der Waals surface area (Å²) in [7, 11) is 1.26. The fraction of sp³-hybridized carbons (Fsp3) is 0.304. The van der Waals surface area contributed by atoms with E-state index < -0.39 is 23.9 Å². The smallest absolute Gasteiger partial charge is 0.411 e. The zero-order valence-electron chi connectivity index (χ0n) is 18.4. The molecular weight excluding hydrogens is 412 g/mol. The first-order valence-corrected chi connectivity index (χ1v) is 10.1. The zero-order valence-corrected chi connectivity index (χ0v) is 18.4. The van der Waals surface area contributed by atoms with Gasteiger partial charge in [0.2, 0.25) is 5.91 Å². The molecule has 170 valence electrons. The van der Waals surface area contributed by atoms with Crippen molar-refractivity contribution in [3.63, 3.8) is 0 Å². The summed E-state index contributed by atoms with van der Waals surface area (Å²) in [5.41, 5.74) is 2.05. The van der Waals surface area contributed by atoms with E-state index in [1.54, 1.807) is 44.3 Å². The molecule has 0 saturated carbocycles. The monoisotopic (exact) mass is 440 g/mol. The normalized spacial score (nSPS) is 12.2. The van der Waals surface area contributed by atoms with Crippen molar-refractivity contribution < 1.29 is 23.9 Å². The van der Waals surface area contributed by atoms with Crippen LogP contribution in [0.2, 0.25) is 0 Å². The van der Waals surface area contributed by atoms with Crippen molar-refractivity contribution in [1.82, 2.24) is 9.97 Å². The van der Waals surface area contributed by atoms with Crippen molar-refractivity contribution in [3.8, 4) is 11.3 Å². The minimum absolute atomic E-state index is 0.256. The van der Waals surface area contributed by atoms with Gasteiger partial charge in [-0.1, -0.05) is 19.1 Å². The van der Waals surface area contributed by atoms with Crippen LogP contribution in [0, 0.1) is 5.92 Å². The Hall–Kier alpha value is -3.88. The van der Waals surface area contributed by atoms with E-state index in [1.807, 2.05) is 0 Å². The maximum atomic E-state index is 12.5. The number of esters is 1. The number of imidazole rings is 1. The number of aromatic nitrogens is 2. The summed E-state index contributed by atoms with van der Waals surface area (Å²) in [6, 6.07) is 4.97. The second-order valence-electron chi connectivity index (χ2n) is 6.90. The Bertz CT molecular complexity index is 998. The average Bonchev–Trinajstić information content (AvgIpc) is 3.26. The van der Waals surface area contributed by atoms with Crippen molar-refractivity contribution in [2.75, 3.05) is 24.4 Å². The van der Waals surface area contributed by atoms with Crippen LogP contribution in [-0.4, -0.2) is 41.7 Å². The summed E-state index contributed by atoms with van der Waals surface area (Å²) in [4.78, 5) is 43.9. The van der Waals surface area contributed by atoms with Crippen LogP contribution in [-0.2, 0) is 19.1 Å². The number of nitrogens with zero attached hydrogens (tertiary/aromatic N) is 1. The third-order valence-corrected chi connectivity index (χ3v) is 4.67. The molecule has 2 aromatic rings. The second-order valence-corrected chi connectivity index (χ2v) is 6.90. The van der Waals surface area contributed by atoms with Crippen molar-refractivity contribution in [2.24, 2.45) is 5.92 Å². The Morgan fingerprint density at radius 1 is 1.25 bits per heavy atom. The lowest BCUT2D eigenvalue weighted by molar-refractivity contribution is -0.145. The van der Waals surface area contributed by atoms with Gasteiger partial charge in [0.15, 0.2) is 0 Å². The molecule has 0 radical (unpaired) electrons. The van der Waals surface area contributed by atoms with Crippen molar-refractivity contribution in [1.29, 1.82) is 0 Å². The van der Waals surface area contributed by atoms with Gasteiger partial charge in [-0.2, -0.15) is 0 Å². The van der Waals surface area contributed by atoms with Gasteiger partial charge in [0, 0.05) is 11.3 Å². The van der Waals surface area contributed by atoms with E-state index in [0.29, 0.717) is 34.9 Å². The maximum Gasteiger partial charge on any atom is 0.411 e. The molecule has 0 spiro atoms. The zero-order chi connectivity index (χ0) is 23.7. The molecule has 9 heteroatoms. The lowest BCUT2D eigenvalue weighted by Crippen LogP contribution is -2.19. The van der Waals surface area contributed by atoms with Gasteiger partial charge in [-0.25, -0.2) is 9.78 Å². The molecule has 0 aliphatic heterocycles. The molecule has 32 heavy (non-hydrogen) atoms. The first-order chi connectivity index (χ1) is 15.3. The van der Waals surface area contributed by atoms with E-state index in [9.17, 15) is 14.4 Å². The number of methoxy groups -OCH3 is 1. The van der Waals surface area contributed by atoms with Crippen LogP contribution >= 0.6 is 0 Å². The highest BCUT2D eigenvalue weighted by Crippen LogP contribution is 2.32. The van der Waals surface area contributed by atoms with E-state index in [1.165, 1.54) is 13.2 Å². The van der Waals surface area contributed by atoms with Crippen molar-refractivity contribution in [2.45, 2.75) is 26.2 Å². The number of carbonyl (C=O) groups is 3. The number of ether oxygens (including phenoxy) is 2. The van der Waals surface area contributed by atoms with Crippen LogP contribution in [0.25, 0.3) is 11.3 Å². The summed E-state index contributed by atoms with van der Waals surface area (Å²) in [5, 5.41) is 5.41. The molecule has 1 heterocycles. The minimum atomic E-state index is -0.639. The topological polar surface area (TPSA) is 122 Å². The number of aromatic amines is 1. The van der Waals surface area contributed by atoms with Gasteiger partial charge in [-0.3, -0.25) is 14.9 Å². The van der Waals surface area contributed by atoms with Crippen LogP contribution in [0.3, 0.4) is 0 Å². The summed E-state index contributed by atoms with van der Waals surface area (Å²) in [6.45, 7) is 11.0. The molecule has 0 saturated heterocycles. The quantitative estimate of drug-likeness (QED) is 0.375. The predicted octanol–water partition coefficient (Wildman–Crippen LogP) is 4.24. The number of benzene rings is 1. The Labute approximate surface area is 186 Å². The van der Waals surface area contributed by atoms with Crippen LogP contribution in [0.5, 0.6) is 0 Å². The molecular formula is C23H28N4O5. The Morgan fingerprint density at radius 3 is 2.62 bits per heavy atom. The molecule has 2 amide bonds. The van der Waals surface area contributed by atoms with Gasteiger partial charge in [0.05, 0.1) is 37.2 Å². The lowest BCUT2D eigenvalue weighted by atomic mass is 10.1. The number of anilines is 2. The van der Waals surface area contributed by atoms with Gasteiger partial charge < -0.3 is 19.8 Å². The Kier molecular flexibility index (Phi) is 8.76. The van der Waals surface area contributed by atoms with E-state index in [0.717, 1.165) is 0 Å². The third-order valence-electron chi connectivity index (χ3n) is 4.67. The number of nitrogens with one attached hydrogen (secondary N) is 3. The first-order valence-electron chi connectivity index (χ1n) is 10.1. The minimum Gasteiger partial charge on any atom is -0.465 e. The number of allylic oxidation sites excluding steroid dienone is 1. The second kappa shape index (κ2) is 11.5. The van der Waals surface area contributed by atoms with Gasteiger partial charge in [-0.05, 0) is 31.5 Å². The fourth-order valence-corrected chi connectivity index (χ4v) is 2.86. The number of hydrogen-bond acceptors (Lipinski definition) is 6. The number of carbonyl (C=O) groups excluding carboxylic acids is 3. The molecule has 0 bridgehead atoms. The van der Waals surface area contributed by atoms with Crippen LogP contribution in [0.4, 0.5) is 16.2 Å². The maximum absolute atomic E-state index is 12.5. The van der Waals surface area contributed by atoms with Gasteiger partial charge in [-0.15, -0.1) is 13.2 Å². The molecule has 2 atom stereocenters. The molecule has 2 rings (SSSR count). The lowest BCUT2D eigenvalue weighted by Gasteiger charge is -2.15. The third kappa shape index (κ3) is 6.07. The first kappa shape index (κ1) is 24.4. The number of rotatable bonds is 10. The number of amides is 2. The highest BCUT2D eigenvalue weighted by atomic mass is 16.5. The van der Waals surface area contributed by atoms with Gasteiger partial charge in [0.25, 0.3) is 0 Å².